The van der Waals surface area contributed by atoms with Crippen LogP contribution in [0.2, 0.25) is 0 Å². The maximum Gasteiger partial charge on any atom is 0.234 e. The third-order valence-corrected chi connectivity index (χ3v) is 5.77. The highest BCUT2D eigenvalue weighted by Crippen LogP contribution is 2.32. The van der Waals surface area contributed by atoms with E-state index in [0.717, 1.165) is 42.0 Å². The van der Waals surface area contributed by atoms with Crippen molar-refractivity contribution >= 4 is 11.8 Å². The van der Waals surface area contributed by atoms with Crippen LogP contribution in [0, 0.1) is 5.92 Å². The second kappa shape index (κ2) is 10.9. The molecule has 0 saturated carbocycles. The predicted molar refractivity (Wildman–Crippen MR) is 121 cm³/mol. The molecule has 2 aromatic carbocycles. The van der Waals surface area contributed by atoms with Gasteiger partial charge in [0.05, 0.1) is 19.6 Å². The van der Waals surface area contributed by atoms with E-state index in [1.54, 1.807) is 7.11 Å². The second-order valence-electron chi connectivity index (χ2n) is 8.05. The van der Waals surface area contributed by atoms with E-state index in [1.807, 2.05) is 43.4 Å². The first kappa shape index (κ1) is 22.8. The van der Waals surface area contributed by atoms with Crippen molar-refractivity contribution in [1.29, 1.82) is 0 Å². The van der Waals surface area contributed by atoms with Crippen LogP contribution in [0.1, 0.15) is 22.6 Å². The summed E-state index contributed by atoms with van der Waals surface area (Å²) in [7, 11) is 3.69. The molecule has 4 N–H and O–H groups in total. The van der Waals surface area contributed by atoms with Gasteiger partial charge in [0.25, 0.3) is 0 Å². The number of nitrogens with one attached hydrogen (secondary N) is 2. The van der Waals surface area contributed by atoms with Gasteiger partial charge in [-0.2, -0.15) is 0 Å². The molecule has 7 nitrogen and oxygen atoms in total. The molecule has 0 spiro atoms. The van der Waals surface area contributed by atoms with Gasteiger partial charge in [0.2, 0.25) is 11.8 Å². The second-order valence-corrected chi connectivity index (χ2v) is 8.05. The van der Waals surface area contributed by atoms with E-state index in [-0.39, 0.29) is 30.2 Å². The summed E-state index contributed by atoms with van der Waals surface area (Å²) in [6, 6.07) is 16.0. The van der Waals surface area contributed by atoms with E-state index in [1.165, 1.54) is 0 Å². The van der Waals surface area contributed by atoms with Crippen LogP contribution in [0.4, 0.5) is 0 Å². The summed E-state index contributed by atoms with van der Waals surface area (Å²) in [5.41, 5.74) is 8.65. The van der Waals surface area contributed by atoms with Crippen LogP contribution in [-0.2, 0) is 22.6 Å². The quantitative estimate of drug-likeness (QED) is 0.563. The Hall–Kier alpha value is -2.90. The number of likely N-dealkylation sites (N-methyl/N-ethyl adjacent to an activating group) is 1. The molecule has 7 heteroatoms. The van der Waals surface area contributed by atoms with Gasteiger partial charge in [-0.1, -0.05) is 36.4 Å². The molecule has 2 atom stereocenters. The number of rotatable bonds is 9. The molecule has 0 aromatic heterocycles. The van der Waals surface area contributed by atoms with Crippen molar-refractivity contribution in [3.8, 4) is 5.75 Å². The molecular formula is C24H32N4O3. The number of likely N-dealkylation sites (tertiary alicyclic amines) is 1. The number of methoxy groups -OCH3 is 1. The number of amides is 2. The van der Waals surface area contributed by atoms with E-state index in [2.05, 4.69) is 27.7 Å². The smallest absolute Gasteiger partial charge is 0.234 e. The number of carbonyl (C=O) groups is 2. The Balaban J connectivity index is 1.59. The third-order valence-electron chi connectivity index (χ3n) is 5.77. The molecule has 2 amide bonds. The molecule has 2 unspecified atom stereocenters. The number of hydrogen-bond donors (Lipinski definition) is 3. The number of nitrogens with zero attached hydrogens (tertiary/aromatic N) is 1. The summed E-state index contributed by atoms with van der Waals surface area (Å²) in [6.07, 6.45) is 0.777. The van der Waals surface area contributed by atoms with Gasteiger partial charge < -0.3 is 26.0 Å². The Morgan fingerprint density at radius 2 is 1.87 bits per heavy atom. The molecule has 1 aliphatic heterocycles. The predicted octanol–water partition coefficient (Wildman–Crippen LogP) is 1.27. The molecular weight excluding hydrogens is 392 g/mol. The van der Waals surface area contributed by atoms with Crippen molar-refractivity contribution in [1.82, 2.24) is 15.5 Å². The van der Waals surface area contributed by atoms with Crippen LogP contribution < -0.4 is 21.1 Å². The molecule has 1 fully saturated rings. The maximum absolute atomic E-state index is 13.0. The number of benzene rings is 2. The highest BCUT2D eigenvalue weighted by atomic mass is 16.5. The van der Waals surface area contributed by atoms with Crippen LogP contribution in [0.3, 0.4) is 0 Å². The molecule has 31 heavy (non-hydrogen) atoms. The Morgan fingerprint density at radius 3 is 2.58 bits per heavy atom. The minimum absolute atomic E-state index is 0.0219. The van der Waals surface area contributed by atoms with Crippen molar-refractivity contribution in [2.24, 2.45) is 11.7 Å². The largest absolute Gasteiger partial charge is 0.497 e. The number of ether oxygens (including phenoxy) is 1. The monoisotopic (exact) mass is 424 g/mol. The lowest BCUT2D eigenvalue weighted by Crippen LogP contribution is -2.35. The zero-order valence-electron chi connectivity index (χ0n) is 18.3. The fourth-order valence-electron chi connectivity index (χ4n) is 4.06. The van der Waals surface area contributed by atoms with Crippen molar-refractivity contribution in [3.63, 3.8) is 0 Å². The fourth-order valence-corrected chi connectivity index (χ4v) is 4.06. The summed E-state index contributed by atoms with van der Waals surface area (Å²) in [6.45, 7) is 2.57. The van der Waals surface area contributed by atoms with Gasteiger partial charge in [-0.25, -0.2) is 0 Å². The Kier molecular flexibility index (Phi) is 8.03. The van der Waals surface area contributed by atoms with Gasteiger partial charge in [-0.3, -0.25) is 9.59 Å². The van der Waals surface area contributed by atoms with Gasteiger partial charge in [0.15, 0.2) is 0 Å². The lowest BCUT2D eigenvalue weighted by Gasteiger charge is -2.19. The summed E-state index contributed by atoms with van der Waals surface area (Å²) in [5, 5.41) is 5.91. The first-order valence-electron chi connectivity index (χ1n) is 10.6. The molecule has 166 valence electrons. The maximum atomic E-state index is 13.0. The molecule has 0 bridgehead atoms. The minimum Gasteiger partial charge on any atom is -0.497 e. The average Bonchev–Trinajstić information content (AvgIpc) is 3.20. The van der Waals surface area contributed by atoms with Crippen molar-refractivity contribution in [2.45, 2.75) is 18.9 Å². The van der Waals surface area contributed by atoms with Crippen LogP contribution in [0.5, 0.6) is 5.75 Å². The summed E-state index contributed by atoms with van der Waals surface area (Å²) < 4.78 is 5.18. The van der Waals surface area contributed by atoms with Crippen LogP contribution in [0.15, 0.2) is 48.5 Å². The third kappa shape index (κ3) is 6.29. The molecule has 2 aromatic rings. The number of carbonyl (C=O) groups excluding carboxylic acids is 2. The van der Waals surface area contributed by atoms with Crippen LogP contribution in [0.25, 0.3) is 0 Å². The standard InChI is InChI=1S/C24H32N4O3/c1-28-15-21(19-5-3-4-18(12-19)14-27-23(29)13-25)22(16-28)24(30)26-11-10-17-6-8-20(31-2)9-7-17/h3-9,12,21-22H,10-11,13-16,25H2,1-2H3,(H,26,30)(H,27,29). The highest BCUT2D eigenvalue weighted by molar-refractivity contribution is 5.80. The Labute approximate surface area is 183 Å². The van der Waals surface area contributed by atoms with Crippen LogP contribution >= 0.6 is 0 Å². The molecule has 0 aliphatic carbocycles. The molecule has 3 rings (SSSR count). The molecule has 1 saturated heterocycles. The normalized spacial score (nSPS) is 18.5. The van der Waals surface area contributed by atoms with Crippen molar-refractivity contribution < 1.29 is 14.3 Å². The topological polar surface area (TPSA) is 96.7 Å². The van der Waals surface area contributed by atoms with E-state index < -0.39 is 0 Å². The summed E-state index contributed by atoms with van der Waals surface area (Å²) in [4.78, 5) is 26.6. The number of hydrogen-bond acceptors (Lipinski definition) is 5. The van der Waals surface area contributed by atoms with Gasteiger partial charge in [0.1, 0.15) is 5.75 Å². The number of nitrogens with two attached hydrogens (primary N) is 1. The van der Waals surface area contributed by atoms with Gasteiger partial charge in [-0.15, -0.1) is 0 Å². The minimum atomic E-state index is -0.180. The summed E-state index contributed by atoms with van der Waals surface area (Å²) in [5.74, 6) is 0.755. The fraction of sp³-hybridized carbons (Fsp3) is 0.417. The lowest BCUT2D eigenvalue weighted by atomic mass is 9.87. The highest BCUT2D eigenvalue weighted by Gasteiger charge is 2.36. The van der Waals surface area contributed by atoms with E-state index in [4.69, 9.17) is 10.5 Å². The molecule has 1 aliphatic rings. The molecule has 0 radical (unpaired) electrons. The van der Waals surface area contributed by atoms with Gasteiger partial charge in [0, 0.05) is 32.1 Å². The molecule has 1 heterocycles. The zero-order valence-corrected chi connectivity index (χ0v) is 18.3. The van der Waals surface area contributed by atoms with Crippen molar-refractivity contribution in [3.05, 3.63) is 65.2 Å². The van der Waals surface area contributed by atoms with E-state index >= 15 is 0 Å². The van der Waals surface area contributed by atoms with Gasteiger partial charge >= 0.3 is 0 Å². The summed E-state index contributed by atoms with van der Waals surface area (Å²) >= 11 is 0. The Bertz CT molecular complexity index is 885. The Morgan fingerprint density at radius 1 is 1.10 bits per heavy atom. The average molecular weight is 425 g/mol. The first-order valence-corrected chi connectivity index (χ1v) is 10.6. The van der Waals surface area contributed by atoms with Gasteiger partial charge in [-0.05, 0) is 42.3 Å². The van der Waals surface area contributed by atoms with E-state index in [0.29, 0.717) is 13.1 Å². The zero-order chi connectivity index (χ0) is 22.2. The van der Waals surface area contributed by atoms with Crippen LogP contribution in [-0.4, -0.2) is 57.1 Å². The lowest BCUT2D eigenvalue weighted by molar-refractivity contribution is -0.125. The SMILES string of the molecule is COc1ccc(CCNC(=O)C2CN(C)CC2c2cccc(CNC(=O)CN)c2)cc1. The van der Waals surface area contributed by atoms with E-state index in [9.17, 15) is 9.59 Å². The van der Waals surface area contributed by atoms with Crippen molar-refractivity contribution in [2.75, 3.05) is 40.3 Å². The first-order chi connectivity index (χ1) is 15.0.